The van der Waals surface area contributed by atoms with Gasteiger partial charge in [0.15, 0.2) is 0 Å². The molecule has 3 rings (SSSR count). The Bertz CT molecular complexity index is 582. The van der Waals surface area contributed by atoms with E-state index in [0.717, 1.165) is 36.0 Å². The minimum atomic E-state index is 0.703. The number of halogens is 1. The van der Waals surface area contributed by atoms with Gasteiger partial charge in [0.2, 0.25) is 0 Å². The predicted molar refractivity (Wildman–Crippen MR) is 74.3 cm³/mol. The summed E-state index contributed by atoms with van der Waals surface area (Å²) in [5, 5.41) is 4.96. The lowest BCUT2D eigenvalue weighted by Gasteiger charge is -2.18. The molecule has 0 spiro atoms. The van der Waals surface area contributed by atoms with Gasteiger partial charge in [0.05, 0.1) is 6.20 Å². The fourth-order valence-electron chi connectivity index (χ4n) is 2.36. The Morgan fingerprint density at radius 3 is 3.11 bits per heavy atom. The van der Waals surface area contributed by atoms with Crippen LogP contribution in [0.4, 0.5) is 0 Å². The highest BCUT2D eigenvalue weighted by molar-refractivity contribution is 6.30. The fourth-order valence-corrected chi connectivity index (χ4v) is 2.56. The summed E-state index contributed by atoms with van der Waals surface area (Å²) < 4.78 is 7.58. The smallest absolute Gasteiger partial charge is 0.123 e. The van der Waals surface area contributed by atoms with Crippen molar-refractivity contribution < 1.29 is 4.74 Å². The lowest BCUT2D eigenvalue weighted by Crippen LogP contribution is -2.25. The van der Waals surface area contributed by atoms with Crippen LogP contribution in [-0.4, -0.2) is 27.8 Å². The van der Waals surface area contributed by atoms with E-state index in [9.17, 15) is 0 Å². The van der Waals surface area contributed by atoms with E-state index in [1.807, 2.05) is 42.3 Å². The molecule has 1 aromatic carbocycles. The Morgan fingerprint density at radius 2 is 2.32 bits per heavy atom. The van der Waals surface area contributed by atoms with Gasteiger partial charge in [0.25, 0.3) is 0 Å². The molecule has 5 heteroatoms. The molecular formula is C14H16ClN3O. The third kappa shape index (κ3) is 2.91. The zero-order chi connectivity index (χ0) is 13.2. The van der Waals surface area contributed by atoms with Crippen LogP contribution >= 0.6 is 11.6 Å². The van der Waals surface area contributed by atoms with Crippen LogP contribution in [0.3, 0.4) is 0 Å². The molecule has 0 unspecified atom stereocenters. The van der Waals surface area contributed by atoms with E-state index in [4.69, 9.17) is 16.3 Å². The third-order valence-corrected chi connectivity index (χ3v) is 3.48. The number of ether oxygens (including phenoxy) is 1. The number of aryl methyl sites for hydroxylation is 1. The monoisotopic (exact) mass is 277 g/mol. The van der Waals surface area contributed by atoms with E-state index in [2.05, 4.69) is 10.00 Å². The quantitative estimate of drug-likeness (QED) is 0.845. The molecule has 2 aromatic rings. The highest BCUT2D eigenvalue weighted by Gasteiger charge is 2.16. The van der Waals surface area contributed by atoms with Gasteiger partial charge in [0.1, 0.15) is 12.4 Å². The number of rotatable bonds is 2. The maximum absolute atomic E-state index is 6.05. The fraction of sp³-hybridized carbons (Fsp3) is 0.357. The van der Waals surface area contributed by atoms with E-state index < -0.39 is 0 Å². The van der Waals surface area contributed by atoms with Gasteiger partial charge in [-0.15, -0.1) is 0 Å². The van der Waals surface area contributed by atoms with Crippen molar-refractivity contribution in [3.8, 4) is 5.75 Å². The number of fused-ring (bicyclic) bond motifs is 1. The topological polar surface area (TPSA) is 30.3 Å². The summed E-state index contributed by atoms with van der Waals surface area (Å²) in [6.07, 6.45) is 3.95. The van der Waals surface area contributed by atoms with E-state index in [-0.39, 0.29) is 0 Å². The second-order valence-corrected chi connectivity index (χ2v) is 5.27. The molecule has 0 saturated carbocycles. The molecule has 2 heterocycles. The van der Waals surface area contributed by atoms with Crippen LogP contribution in [0.2, 0.25) is 5.02 Å². The molecule has 0 amide bonds. The number of hydrogen-bond acceptors (Lipinski definition) is 3. The van der Waals surface area contributed by atoms with Gasteiger partial charge >= 0.3 is 0 Å². The van der Waals surface area contributed by atoms with Crippen molar-refractivity contribution in [1.82, 2.24) is 14.7 Å². The Labute approximate surface area is 117 Å². The summed E-state index contributed by atoms with van der Waals surface area (Å²) >= 11 is 6.05. The highest BCUT2D eigenvalue weighted by atomic mass is 35.5. The zero-order valence-corrected chi connectivity index (χ0v) is 11.6. The molecule has 0 bridgehead atoms. The van der Waals surface area contributed by atoms with Crippen molar-refractivity contribution >= 4 is 11.6 Å². The first-order valence-electron chi connectivity index (χ1n) is 6.32. The Morgan fingerprint density at radius 1 is 1.42 bits per heavy atom. The summed E-state index contributed by atoms with van der Waals surface area (Å²) in [5.41, 5.74) is 2.36. The SMILES string of the molecule is Cn1cc(CN2CCOc3ccc(Cl)cc3C2)cn1. The molecule has 1 aliphatic rings. The lowest BCUT2D eigenvalue weighted by atomic mass is 10.2. The summed E-state index contributed by atoms with van der Waals surface area (Å²) in [4.78, 5) is 2.35. The molecule has 0 aliphatic carbocycles. The Hall–Kier alpha value is -1.52. The third-order valence-electron chi connectivity index (χ3n) is 3.25. The van der Waals surface area contributed by atoms with Crippen molar-refractivity contribution in [2.45, 2.75) is 13.1 Å². The number of hydrogen-bond donors (Lipinski definition) is 0. The van der Waals surface area contributed by atoms with Gasteiger partial charge in [-0.25, -0.2) is 0 Å². The van der Waals surface area contributed by atoms with E-state index in [0.29, 0.717) is 6.61 Å². The first-order chi connectivity index (χ1) is 9.20. The van der Waals surface area contributed by atoms with Crippen LogP contribution < -0.4 is 4.74 Å². The maximum Gasteiger partial charge on any atom is 0.123 e. The molecule has 1 aliphatic heterocycles. The summed E-state index contributed by atoms with van der Waals surface area (Å²) in [6, 6.07) is 5.81. The molecular weight excluding hydrogens is 262 g/mol. The molecule has 100 valence electrons. The van der Waals surface area contributed by atoms with Crippen LogP contribution in [0.15, 0.2) is 30.6 Å². The Kier molecular flexibility index (Phi) is 3.44. The van der Waals surface area contributed by atoms with Crippen molar-refractivity contribution in [2.75, 3.05) is 13.2 Å². The standard InChI is InChI=1S/C14H16ClN3O/c1-17-8-11(7-16-17)9-18-4-5-19-14-3-2-13(15)6-12(14)10-18/h2-3,6-8H,4-5,9-10H2,1H3. The summed E-state index contributed by atoms with van der Waals surface area (Å²) in [6.45, 7) is 3.34. The Balaban J connectivity index is 1.77. The van der Waals surface area contributed by atoms with Crippen LogP contribution in [0.25, 0.3) is 0 Å². The van der Waals surface area contributed by atoms with Crippen LogP contribution in [0.5, 0.6) is 5.75 Å². The minimum Gasteiger partial charge on any atom is -0.492 e. The zero-order valence-electron chi connectivity index (χ0n) is 10.8. The van der Waals surface area contributed by atoms with Crippen molar-refractivity contribution in [3.05, 3.63) is 46.7 Å². The van der Waals surface area contributed by atoms with Crippen LogP contribution in [0.1, 0.15) is 11.1 Å². The first-order valence-corrected chi connectivity index (χ1v) is 6.69. The number of benzene rings is 1. The largest absolute Gasteiger partial charge is 0.492 e. The van der Waals surface area contributed by atoms with E-state index in [1.54, 1.807) is 0 Å². The molecule has 0 fully saturated rings. The number of nitrogens with zero attached hydrogens (tertiary/aromatic N) is 3. The van der Waals surface area contributed by atoms with Gasteiger partial charge in [0, 0.05) is 49.0 Å². The van der Waals surface area contributed by atoms with E-state index in [1.165, 1.54) is 5.56 Å². The van der Waals surface area contributed by atoms with Crippen molar-refractivity contribution in [2.24, 2.45) is 7.05 Å². The average Bonchev–Trinajstić information content (AvgIpc) is 2.67. The minimum absolute atomic E-state index is 0.703. The van der Waals surface area contributed by atoms with Crippen molar-refractivity contribution in [1.29, 1.82) is 0 Å². The summed E-state index contributed by atoms with van der Waals surface area (Å²) in [7, 11) is 1.93. The van der Waals surface area contributed by atoms with Crippen molar-refractivity contribution in [3.63, 3.8) is 0 Å². The summed E-state index contributed by atoms with van der Waals surface area (Å²) in [5.74, 6) is 0.943. The van der Waals surface area contributed by atoms with Gasteiger partial charge < -0.3 is 4.74 Å². The second-order valence-electron chi connectivity index (χ2n) is 4.83. The molecule has 0 saturated heterocycles. The predicted octanol–water partition coefficient (Wildman–Crippen LogP) is 2.47. The molecule has 0 N–H and O–H groups in total. The second kappa shape index (κ2) is 5.23. The first kappa shape index (κ1) is 12.5. The molecule has 4 nitrogen and oxygen atoms in total. The van der Waals surface area contributed by atoms with Gasteiger partial charge in [-0.05, 0) is 18.2 Å². The van der Waals surface area contributed by atoms with Crippen LogP contribution in [-0.2, 0) is 20.1 Å². The normalized spacial score (nSPS) is 15.7. The van der Waals surface area contributed by atoms with Gasteiger partial charge in [-0.2, -0.15) is 5.10 Å². The van der Waals surface area contributed by atoms with Gasteiger partial charge in [-0.1, -0.05) is 11.6 Å². The molecule has 0 radical (unpaired) electrons. The highest BCUT2D eigenvalue weighted by Crippen LogP contribution is 2.26. The maximum atomic E-state index is 6.05. The molecule has 19 heavy (non-hydrogen) atoms. The van der Waals surface area contributed by atoms with Gasteiger partial charge in [-0.3, -0.25) is 9.58 Å². The number of aromatic nitrogens is 2. The molecule has 1 aromatic heterocycles. The van der Waals surface area contributed by atoms with E-state index >= 15 is 0 Å². The molecule has 0 atom stereocenters. The lowest BCUT2D eigenvalue weighted by molar-refractivity contribution is 0.219. The average molecular weight is 278 g/mol. The van der Waals surface area contributed by atoms with Crippen LogP contribution in [0, 0.1) is 0 Å².